The Bertz CT molecular complexity index is 1130. The molecule has 152 valence electrons. The first-order valence-electron chi connectivity index (χ1n) is 8.89. The summed E-state index contributed by atoms with van der Waals surface area (Å²) in [5.41, 5.74) is 0.633. The summed E-state index contributed by atoms with van der Waals surface area (Å²) in [6.07, 6.45) is 1.17. The first kappa shape index (κ1) is 20.6. The molecule has 4 rings (SSSR count). The summed E-state index contributed by atoms with van der Waals surface area (Å²) in [5, 5.41) is 5.48. The maximum atomic E-state index is 12.8. The minimum Gasteiger partial charge on any atom is -0.339 e. The molecule has 1 aromatic heterocycles. The first-order valence-corrected chi connectivity index (χ1v) is 11.5. The van der Waals surface area contributed by atoms with Crippen molar-refractivity contribution in [2.45, 2.75) is 23.7 Å². The van der Waals surface area contributed by atoms with Crippen LogP contribution in [0.1, 0.15) is 24.7 Å². The molecule has 0 bridgehead atoms. The Morgan fingerprint density at radius 3 is 2.28 bits per heavy atom. The lowest BCUT2D eigenvalue weighted by molar-refractivity contribution is 0.271. The Kier molecular flexibility index (Phi) is 5.86. The molecule has 2 heterocycles. The maximum absolute atomic E-state index is 12.8. The Balaban J connectivity index is 1.46. The highest BCUT2D eigenvalue weighted by molar-refractivity contribution is 7.89. The number of sulfonamides is 1. The molecule has 1 saturated heterocycles. The molecule has 0 spiro atoms. The second-order valence-corrected chi connectivity index (χ2v) is 9.93. The number of halogens is 3. The molecule has 1 fully saturated rings. The monoisotopic (exact) mass is 471 g/mol. The van der Waals surface area contributed by atoms with Crippen molar-refractivity contribution in [2.75, 3.05) is 13.1 Å². The zero-order valence-electron chi connectivity index (χ0n) is 15.1. The van der Waals surface area contributed by atoms with Crippen molar-refractivity contribution in [3.63, 3.8) is 0 Å². The Morgan fingerprint density at radius 1 is 0.966 bits per heavy atom. The molecule has 0 atom stereocenters. The highest BCUT2D eigenvalue weighted by Gasteiger charge is 2.32. The fraction of sp³-hybridized carbons (Fsp3) is 0.263. The minimum absolute atomic E-state index is 0.0148. The summed E-state index contributed by atoms with van der Waals surface area (Å²) in [4.78, 5) is 4.70. The lowest BCUT2D eigenvalue weighted by Crippen LogP contribution is -2.37. The van der Waals surface area contributed by atoms with Crippen LogP contribution < -0.4 is 0 Å². The third-order valence-electron chi connectivity index (χ3n) is 4.87. The topological polar surface area (TPSA) is 76.3 Å². The van der Waals surface area contributed by atoms with Crippen molar-refractivity contribution in [1.29, 1.82) is 0 Å². The summed E-state index contributed by atoms with van der Waals surface area (Å²) in [6, 6.07) is 11.2. The first-order chi connectivity index (χ1) is 13.8. The lowest BCUT2D eigenvalue weighted by Gasteiger charge is -2.29. The fourth-order valence-corrected chi connectivity index (χ4v) is 5.37. The van der Waals surface area contributed by atoms with Crippen molar-refractivity contribution in [1.82, 2.24) is 14.4 Å². The predicted octanol–water partition coefficient (Wildman–Crippen LogP) is 5.27. The van der Waals surface area contributed by atoms with E-state index in [1.807, 2.05) is 0 Å². The SMILES string of the molecule is O=S(=O)(c1ccc(Cl)cc1)N1CCC(c2nc(-c3ccc(Cl)cc3Cl)no2)CC1. The highest BCUT2D eigenvalue weighted by Crippen LogP contribution is 2.33. The molecule has 0 N–H and O–H groups in total. The van der Waals surface area contributed by atoms with E-state index in [9.17, 15) is 8.42 Å². The van der Waals surface area contributed by atoms with Gasteiger partial charge in [0.25, 0.3) is 0 Å². The number of rotatable bonds is 4. The Morgan fingerprint density at radius 2 is 1.62 bits per heavy atom. The van der Waals surface area contributed by atoms with E-state index in [0.29, 0.717) is 58.3 Å². The van der Waals surface area contributed by atoms with Gasteiger partial charge in [0, 0.05) is 34.6 Å². The summed E-state index contributed by atoms with van der Waals surface area (Å²) in [7, 11) is -3.55. The third kappa shape index (κ3) is 4.29. The molecule has 0 saturated carbocycles. The fourth-order valence-electron chi connectivity index (χ4n) is 3.28. The van der Waals surface area contributed by atoms with Crippen LogP contribution in [-0.2, 0) is 10.0 Å². The lowest BCUT2D eigenvalue weighted by atomic mass is 9.98. The number of aromatic nitrogens is 2. The molecule has 2 aromatic carbocycles. The average molecular weight is 473 g/mol. The van der Waals surface area contributed by atoms with Gasteiger partial charge in [-0.05, 0) is 55.3 Å². The number of nitrogens with zero attached hydrogens (tertiary/aromatic N) is 3. The van der Waals surface area contributed by atoms with E-state index < -0.39 is 10.0 Å². The normalized spacial score (nSPS) is 16.2. The predicted molar refractivity (Wildman–Crippen MR) is 112 cm³/mol. The van der Waals surface area contributed by atoms with Gasteiger partial charge in [-0.15, -0.1) is 0 Å². The van der Waals surface area contributed by atoms with E-state index in [0.717, 1.165) is 0 Å². The van der Waals surface area contributed by atoms with E-state index in [-0.39, 0.29) is 10.8 Å². The van der Waals surface area contributed by atoms with Crippen LogP contribution in [0, 0.1) is 0 Å². The summed E-state index contributed by atoms with van der Waals surface area (Å²) >= 11 is 18.0. The molecule has 1 aliphatic rings. The van der Waals surface area contributed by atoms with Gasteiger partial charge in [0.15, 0.2) is 0 Å². The van der Waals surface area contributed by atoms with Gasteiger partial charge in [0.05, 0.1) is 9.92 Å². The van der Waals surface area contributed by atoms with Crippen LogP contribution in [-0.4, -0.2) is 36.0 Å². The van der Waals surface area contributed by atoms with Crippen molar-refractivity contribution in [3.8, 4) is 11.4 Å². The van der Waals surface area contributed by atoms with Gasteiger partial charge < -0.3 is 4.52 Å². The standard InChI is InChI=1S/C19H16Cl3N3O3S/c20-13-1-4-15(5-2-13)29(26,27)25-9-7-12(8-10-25)19-23-18(24-28-19)16-6-3-14(21)11-17(16)22/h1-6,11-12H,7-10H2. The van der Waals surface area contributed by atoms with Crippen LogP contribution in [0.4, 0.5) is 0 Å². The average Bonchev–Trinajstić information content (AvgIpc) is 3.18. The molecule has 29 heavy (non-hydrogen) atoms. The molecule has 10 heteroatoms. The van der Waals surface area contributed by atoms with Gasteiger partial charge in [-0.1, -0.05) is 40.0 Å². The van der Waals surface area contributed by atoms with E-state index >= 15 is 0 Å². The van der Waals surface area contributed by atoms with Crippen LogP contribution in [0.15, 0.2) is 51.9 Å². The molecule has 0 aliphatic carbocycles. The molecule has 0 radical (unpaired) electrons. The molecule has 0 unspecified atom stereocenters. The van der Waals surface area contributed by atoms with Crippen LogP contribution in [0.3, 0.4) is 0 Å². The smallest absolute Gasteiger partial charge is 0.243 e. The van der Waals surface area contributed by atoms with Gasteiger partial charge >= 0.3 is 0 Å². The second kappa shape index (κ2) is 8.24. The zero-order valence-corrected chi connectivity index (χ0v) is 18.1. The molecule has 6 nitrogen and oxygen atoms in total. The second-order valence-electron chi connectivity index (χ2n) is 6.71. The van der Waals surface area contributed by atoms with Crippen LogP contribution in [0.5, 0.6) is 0 Å². The van der Waals surface area contributed by atoms with Crippen LogP contribution in [0.25, 0.3) is 11.4 Å². The van der Waals surface area contributed by atoms with Crippen molar-refractivity contribution in [2.24, 2.45) is 0 Å². The highest BCUT2D eigenvalue weighted by atomic mass is 35.5. The van der Waals surface area contributed by atoms with E-state index in [4.69, 9.17) is 39.3 Å². The number of hydrogen-bond donors (Lipinski definition) is 0. The van der Waals surface area contributed by atoms with E-state index in [1.165, 1.54) is 16.4 Å². The minimum atomic E-state index is -3.55. The number of benzene rings is 2. The number of piperidine rings is 1. The van der Waals surface area contributed by atoms with Gasteiger partial charge in [-0.3, -0.25) is 0 Å². The summed E-state index contributed by atoms with van der Waals surface area (Å²) in [6.45, 7) is 0.740. The van der Waals surface area contributed by atoms with Crippen molar-refractivity contribution >= 4 is 44.8 Å². The zero-order chi connectivity index (χ0) is 20.6. The Labute approximate surface area is 183 Å². The summed E-state index contributed by atoms with van der Waals surface area (Å²) in [5.74, 6) is 0.853. The molecule has 3 aromatic rings. The molecular weight excluding hydrogens is 457 g/mol. The molecule has 0 amide bonds. The molecule has 1 aliphatic heterocycles. The van der Waals surface area contributed by atoms with Crippen LogP contribution >= 0.6 is 34.8 Å². The number of hydrogen-bond acceptors (Lipinski definition) is 5. The summed E-state index contributed by atoms with van der Waals surface area (Å²) < 4.78 is 32.5. The quantitative estimate of drug-likeness (QED) is 0.517. The molecular formula is C19H16Cl3N3O3S. The van der Waals surface area contributed by atoms with Crippen molar-refractivity contribution < 1.29 is 12.9 Å². The largest absolute Gasteiger partial charge is 0.339 e. The third-order valence-corrected chi connectivity index (χ3v) is 7.58. The van der Waals surface area contributed by atoms with Gasteiger partial charge in [0.1, 0.15) is 0 Å². The van der Waals surface area contributed by atoms with Gasteiger partial charge in [-0.2, -0.15) is 9.29 Å². The van der Waals surface area contributed by atoms with Gasteiger partial charge in [-0.25, -0.2) is 8.42 Å². The van der Waals surface area contributed by atoms with Crippen molar-refractivity contribution in [3.05, 3.63) is 63.4 Å². The Hall–Kier alpha value is -1.64. The van der Waals surface area contributed by atoms with E-state index in [1.54, 1.807) is 30.3 Å². The van der Waals surface area contributed by atoms with E-state index in [2.05, 4.69) is 10.1 Å². The maximum Gasteiger partial charge on any atom is 0.243 e. The van der Waals surface area contributed by atoms with Crippen LogP contribution in [0.2, 0.25) is 15.1 Å². The van der Waals surface area contributed by atoms with Gasteiger partial charge in [0.2, 0.25) is 21.7 Å².